The van der Waals surface area contributed by atoms with Crippen LogP contribution < -0.4 is 0 Å². The molecule has 0 saturated carbocycles. The first-order chi connectivity index (χ1) is 25.9. The second kappa shape index (κ2) is 39.4. The van der Waals surface area contributed by atoms with Crippen molar-refractivity contribution in [3.8, 4) is 0 Å². The number of carbonyl (C=O) groups is 4. The van der Waals surface area contributed by atoms with Crippen molar-refractivity contribution in [2.45, 2.75) is 174 Å². The zero-order valence-corrected chi connectivity index (χ0v) is 34.1. The number of ether oxygens (including phenoxy) is 5. The molecule has 0 aromatic rings. The van der Waals surface area contributed by atoms with Crippen LogP contribution in [0.15, 0.2) is 0 Å². The van der Waals surface area contributed by atoms with E-state index in [-0.39, 0.29) is 51.7 Å². The van der Waals surface area contributed by atoms with Crippen molar-refractivity contribution in [2.75, 3.05) is 67.0 Å². The number of esters is 3. The van der Waals surface area contributed by atoms with Crippen LogP contribution in [-0.2, 0) is 52.6 Å². The summed E-state index contributed by atoms with van der Waals surface area (Å²) in [6.07, 6.45) is 25.4. The number of nitrogens with zero attached hydrogens (tertiary/aromatic N) is 1. The van der Waals surface area contributed by atoms with Gasteiger partial charge in [-0.05, 0) is 12.8 Å². The predicted molar refractivity (Wildman–Crippen MR) is 206 cm³/mol. The third-order valence-electron chi connectivity index (χ3n) is 9.04. The van der Waals surface area contributed by atoms with Crippen LogP contribution in [0.3, 0.4) is 0 Å². The van der Waals surface area contributed by atoms with Crippen LogP contribution in [0.2, 0.25) is 0 Å². The maximum absolute atomic E-state index is 12.8. The molecule has 0 radical (unpaired) electrons. The van der Waals surface area contributed by atoms with Crippen molar-refractivity contribution in [1.82, 2.24) is 4.90 Å². The molecule has 0 heterocycles. The van der Waals surface area contributed by atoms with Crippen LogP contribution in [0.25, 0.3) is 0 Å². The molecule has 0 aliphatic heterocycles. The molecule has 0 aliphatic carbocycles. The predicted octanol–water partition coefficient (Wildman–Crippen LogP) is 8.46. The third kappa shape index (κ3) is 35.2. The molecule has 0 N–H and O–H groups in total. The Morgan fingerprint density at radius 3 is 1.45 bits per heavy atom. The van der Waals surface area contributed by atoms with Gasteiger partial charge in [-0.15, -0.1) is 0 Å². The minimum Gasteiger partial charge on any atom is -0.462 e. The van der Waals surface area contributed by atoms with Crippen LogP contribution in [0.5, 0.6) is 0 Å². The summed E-state index contributed by atoms with van der Waals surface area (Å²) in [5, 5.41) is 0. The third-order valence-corrected chi connectivity index (χ3v) is 9.04. The van der Waals surface area contributed by atoms with E-state index in [0.717, 1.165) is 38.5 Å². The van der Waals surface area contributed by atoms with Crippen molar-refractivity contribution in [3.05, 3.63) is 0 Å². The number of carbonyl (C=O) groups excluding carboxylic acids is 4. The first kappa shape index (κ1) is 50.7. The van der Waals surface area contributed by atoms with Gasteiger partial charge in [0.25, 0.3) is 5.91 Å². The Morgan fingerprint density at radius 2 is 0.981 bits per heavy atom. The van der Waals surface area contributed by atoms with Crippen LogP contribution in [-0.4, -0.2) is 102 Å². The molecule has 1 amide bonds. The molecule has 0 aromatic heterocycles. The molecule has 312 valence electrons. The van der Waals surface area contributed by atoms with Crippen LogP contribution in [0, 0.1) is 0 Å². The Labute approximate surface area is 321 Å². The van der Waals surface area contributed by atoms with Gasteiger partial charge < -0.3 is 28.6 Å². The summed E-state index contributed by atoms with van der Waals surface area (Å²) in [6, 6.07) is 0. The Morgan fingerprint density at radius 1 is 0.528 bits per heavy atom. The molecule has 0 fully saturated rings. The Hall–Kier alpha value is -2.28. The highest BCUT2D eigenvalue weighted by molar-refractivity contribution is 5.82. The SMILES string of the molecule is CCCCCCCCCCCCCC(=O)OCC(COC(=O)CN(CCOCCOC)C(=O)COOC)OC(=O)CCCCCCCCCCCCC. The summed E-state index contributed by atoms with van der Waals surface area (Å²) in [4.78, 5) is 61.2. The molecule has 0 bridgehead atoms. The highest BCUT2D eigenvalue weighted by Gasteiger charge is 2.22. The van der Waals surface area contributed by atoms with Gasteiger partial charge in [0.1, 0.15) is 19.8 Å². The van der Waals surface area contributed by atoms with Crippen LogP contribution in [0.4, 0.5) is 0 Å². The minimum atomic E-state index is -0.959. The minimum absolute atomic E-state index is 0.110. The maximum Gasteiger partial charge on any atom is 0.325 e. The molecule has 0 spiro atoms. The Kier molecular flexibility index (Phi) is 37.7. The topological polar surface area (TPSA) is 136 Å². The van der Waals surface area contributed by atoms with Crippen molar-refractivity contribution in [2.24, 2.45) is 0 Å². The first-order valence-corrected chi connectivity index (χ1v) is 20.9. The summed E-state index contributed by atoms with van der Waals surface area (Å²) in [5.74, 6) is -2.01. The lowest BCUT2D eigenvalue weighted by Crippen LogP contribution is -2.41. The molecule has 12 heteroatoms. The first-order valence-electron chi connectivity index (χ1n) is 20.9. The second-order valence-corrected chi connectivity index (χ2v) is 13.9. The van der Waals surface area contributed by atoms with E-state index in [2.05, 4.69) is 18.7 Å². The average molecular weight is 760 g/mol. The second-order valence-electron chi connectivity index (χ2n) is 13.9. The van der Waals surface area contributed by atoms with Gasteiger partial charge in [-0.2, -0.15) is 0 Å². The molecule has 0 aromatic carbocycles. The van der Waals surface area contributed by atoms with E-state index >= 15 is 0 Å². The molecule has 1 unspecified atom stereocenters. The van der Waals surface area contributed by atoms with Gasteiger partial charge in [0.05, 0.1) is 26.9 Å². The summed E-state index contributed by atoms with van der Waals surface area (Å²) < 4.78 is 26.9. The van der Waals surface area contributed by atoms with Crippen molar-refractivity contribution >= 4 is 23.8 Å². The number of rotatable bonds is 40. The molecule has 0 aliphatic rings. The van der Waals surface area contributed by atoms with E-state index < -0.39 is 30.6 Å². The van der Waals surface area contributed by atoms with E-state index in [4.69, 9.17) is 28.6 Å². The molecular weight excluding hydrogens is 682 g/mol. The largest absolute Gasteiger partial charge is 0.462 e. The zero-order chi connectivity index (χ0) is 39.0. The summed E-state index contributed by atoms with van der Waals surface area (Å²) in [7, 11) is 2.84. The summed E-state index contributed by atoms with van der Waals surface area (Å²) in [5.41, 5.74) is 0. The fourth-order valence-electron chi connectivity index (χ4n) is 5.79. The van der Waals surface area contributed by atoms with E-state index in [0.29, 0.717) is 19.6 Å². The van der Waals surface area contributed by atoms with E-state index in [1.165, 1.54) is 108 Å². The number of amides is 1. The van der Waals surface area contributed by atoms with Crippen molar-refractivity contribution in [1.29, 1.82) is 0 Å². The number of hydrogen-bond acceptors (Lipinski definition) is 11. The lowest BCUT2D eigenvalue weighted by molar-refractivity contribution is -0.269. The fourth-order valence-corrected chi connectivity index (χ4v) is 5.79. The average Bonchev–Trinajstić information content (AvgIpc) is 3.15. The van der Waals surface area contributed by atoms with Gasteiger partial charge in [-0.1, -0.05) is 142 Å². The lowest BCUT2D eigenvalue weighted by Gasteiger charge is -2.22. The number of methoxy groups -OCH3 is 1. The van der Waals surface area contributed by atoms with Crippen molar-refractivity contribution in [3.63, 3.8) is 0 Å². The van der Waals surface area contributed by atoms with Crippen LogP contribution >= 0.6 is 0 Å². The molecule has 0 rings (SSSR count). The molecule has 0 saturated heterocycles. The molecular formula is C41H77NO11. The molecule has 12 nitrogen and oxygen atoms in total. The van der Waals surface area contributed by atoms with E-state index in [1.54, 1.807) is 7.11 Å². The van der Waals surface area contributed by atoms with Gasteiger partial charge in [0.15, 0.2) is 12.7 Å². The molecule has 1 atom stereocenters. The maximum atomic E-state index is 12.8. The number of hydrogen-bond donors (Lipinski definition) is 0. The fraction of sp³-hybridized carbons (Fsp3) is 0.902. The number of unbranched alkanes of at least 4 members (excludes halogenated alkanes) is 20. The van der Waals surface area contributed by atoms with E-state index in [9.17, 15) is 19.2 Å². The molecule has 53 heavy (non-hydrogen) atoms. The standard InChI is InChI=1S/C41H77NO11/c1-5-7-9-11-13-15-17-19-21-23-25-27-39(44)50-34-37(53-40(45)28-26-24-22-20-18-16-14-12-10-8-6-2)35-51-41(46)33-42(38(43)36-52-48-4)29-30-49-32-31-47-3/h37H,5-36H2,1-4H3. The Bertz CT molecular complexity index is 873. The lowest BCUT2D eigenvalue weighted by atomic mass is 10.1. The van der Waals surface area contributed by atoms with E-state index in [1.807, 2.05) is 0 Å². The van der Waals surface area contributed by atoms with Gasteiger partial charge in [0, 0.05) is 26.5 Å². The monoisotopic (exact) mass is 760 g/mol. The van der Waals surface area contributed by atoms with Crippen molar-refractivity contribution < 1.29 is 52.6 Å². The normalized spacial score (nSPS) is 11.7. The summed E-state index contributed by atoms with van der Waals surface area (Å²) >= 11 is 0. The van der Waals surface area contributed by atoms with Gasteiger partial charge in [-0.25, -0.2) is 9.78 Å². The Balaban J connectivity index is 4.81. The highest BCUT2D eigenvalue weighted by atomic mass is 17.2. The van der Waals surface area contributed by atoms with Gasteiger partial charge in [0.2, 0.25) is 0 Å². The summed E-state index contributed by atoms with van der Waals surface area (Å²) in [6.45, 7) is 4.17. The van der Waals surface area contributed by atoms with Gasteiger partial charge in [-0.3, -0.25) is 19.2 Å². The quantitative estimate of drug-likeness (QED) is 0.0196. The highest BCUT2D eigenvalue weighted by Crippen LogP contribution is 2.14. The zero-order valence-electron chi connectivity index (χ0n) is 34.1. The smallest absolute Gasteiger partial charge is 0.325 e. The van der Waals surface area contributed by atoms with Gasteiger partial charge >= 0.3 is 17.9 Å². The van der Waals surface area contributed by atoms with Crippen LogP contribution in [0.1, 0.15) is 168 Å².